The molecule has 0 radical (unpaired) electrons. The van der Waals surface area contributed by atoms with Gasteiger partial charge < -0.3 is 9.73 Å². The molecule has 1 aliphatic carbocycles. The summed E-state index contributed by atoms with van der Waals surface area (Å²) >= 11 is 0. The average Bonchev–Trinajstić information content (AvgIpc) is 3.19. The van der Waals surface area contributed by atoms with E-state index in [1.807, 2.05) is 25.1 Å². The van der Waals surface area contributed by atoms with Gasteiger partial charge in [-0.05, 0) is 69.2 Å². The summed E-state index contributed by atoms with van der Waals surface area (Å²) < 4.78 is 30.2. The summed E-state index contributed by atoms with van der Waals surface area (Å²) in [7, 11) is -3.23. The molecule has 1 aromatic heterocycles. The lowest BCUT2D eigenvalue weighted by atomic mass is 9.80. The Hall–Kier alpha value is -2.08. The number of rotatable bonds is 7. The van der Waals surface area contributed by atoms with Crippen LogP contribution in [-0.2, 0) is 21.2 Å². The summed E-state index contributed by atoms with van der Waals surface area (Å²) in [6.07, 6.45) is 5.71. The third kappa shape index (κ3) is 5.45. The zero-order valence-corrected chi connectivity index (χ0v) is 16.5. The first-order valence-electron chi connectivity index (χ1n) is 9.53. The second kappa shape index (κ2) is 8.74. The fraction of sp³-hybridized carbons (Fsp3) is 0.476. The number of carbonyl (C=O) groups excluding carboxylic acids is 1. The Labute approximate surface area is 161 Å². The van der Waals surface area contributed by atoms with Crippen molar-refractivity contribution in [2.75, 3.05) is 5.75 Å². The maximum atomic E-state index is 12.5. The third-order valence-corrected chi connectivity index (χ3v) is 7.17. The zero-order valence-electron chi connectivity index (χ0n) is 15.7. The van der Waals surface area contributed by atoms with Crippen LogP contribution in [0, 0.1) is 18.8 Å². The maximum absolute atomic E-state index is 12.5. The second-order valence-corrected chi connectivity index (χ2v) is 9.54. The molecule has 27 heavy (non-hydrogen) atoms. The van der Waals surface area contributed by atoms with Gasteiger partial charge in [-0.15, -0.1) is 0 Å². The van der Waals surface area contributed by atoms with E-state index in [1.165, 1.54) is 0 Å². The Morgan fingerprint density at radius 2 is 1.81 bits per heavy atom. The van der Waals surface area contributed by atoms with Crippen LogP contribution < -0.4 is 5.32 Å². The third-order valence-electron chi connectivity index (χ3n) is 5.41. The highest BCUT2D eigenvalue weighted by molar-refractivity contribution is 7.91. The number of sulfone groups is 1. The van der Waals surface area contributed by atoms with Crippen LogP contribution in [0.2, 0.25) is 0 Å². The van der Waals surface area contributed by atoms with Crippen LogP contribution in [0.15, 0.2) is 52.0 Å². The predicted octanol–water partition coefficient (Wildman–Crippen LogP) is 3.87. The lowest BCUT2D eigenvalue weighted by Crippen LogP contribution is -2.33. The van der Waals surface area contributed by atoms with Crippen molar-refractivity contribution in [2.45, 2.75) is 50.5 Å². The second-order valence-electron chi connectivity index (χ2n) is 7.44. The predicted molar refractivity (Wildman–Crippen MR) is 104 cm³/mol. The lowest BCUT2D eigenvalue weighted by molar-refractivity contribution is -0.126. The minimum Gasteiger partial charge on any atom is -0.467 e. The average molecular weight is 390 g/mol. The van der Waals surface area contributed by atoms with E-state index >= 15 is 0 Å². The highest BCUT2D eigenvalue weighted by Gasteiger charge is 2.27. The van der Waals surface area contributed by atoms with Gasteiger partial charge in [-0.3, -0.25) is 4.79 Å². The molecule has 0 bridgehead atoms. The summed E-state index contributed by atoms with van der Waals surface area (Å²) in [5.41, 5.74) is 1.05. The molecule has 1 saturated carbocycles. The van der Waals surface area contributed by atoms with Gasteiger partial charge >= 0.3 is 0 Å². The van der Waals surface area contributed by atoms with E-state index in [4.69, 9.17) is 4.42 Å². The molecule has 1 fully saturated rings. The van der Waals surface area contributed by atoms with Crippen molar-refractivity contribution in [1.82, 2.24) is 5.32 Å². The molecule has 1 aromatic carbocycles. The molecule has 0 saturated heterocycles. The molecule has 0 atom stereocenters. The molecule has 1 heterocycles. The number of benzene rings is 1. The van der Waals surface area contributed by atoms with E-state index in [1.54, 1.807) is 24.5 Å². The van der Waals surface area contributed by atoms with Crippen LogP contribution in [0.1, 0.15) is 43.4 Å². The van der Waals surface area contributed by atoms with Gasteiger partial charge in [0.05, 0.1) is 23.5 Å². The standard InChI is InChI=1S/C21H27NO4S/c1-16-4-10-20(11-5-16)27(24,25)14-12-17-6-8-18(9-7-17)21(23)22-15-19-3-2-13-26-19/h2-5,10-11,13,17-18H,6-9,12,14-15H2,1H3,(H,22,23). The van der Waals surface area contributed by atoms with Crippen LogP contribution in [0.3, 0.4) is 0 Å². The van der Waals surface area contributed by atoms with Crippen molar-refractivity contribution in [3.05, 3.63) is 54.0 Å². The molecule has 0 spiro atoms. The molecule has 1 N–H and O–H groups in total. The number of carbonyl (C=O) groups is 1. The van der Waals surface area contributed by atoms with Gasteiger partial charge in [0, 0.05) is 5.92 Å². The van der Waals surface area contributed by atoms with Crippen LogP contribution in [0.4, 0.5) is 0 Å². The van der Waals surface area contributed by atoms with Crippen LogP contribution in [-0.4, -0.2) is 20.1 Å². The number of amides is 1. The van der Waals surface area contributed by atoms with E-state index in [0.29, 0.717) is 23.8 Å². The molecule has 3 rings (SSSR count). The SMILES string of the molecule is Cc1ccc(S(=O)(=O)CCC2CCC(C(=O)NCc3ccco3)CC2)cc1. The molecule has 1 amide bonds. The lowest BCUT2D eigenvalue weighted by Gasteiger charge is -2.27. The smallest absolute Gasteiger partial charge is 0.223 e. The maximum Gasteiger partial charge on any atom is 0.223 e. The molecular formula is C21H27NO4S. The monoisotopic (exact) mass is 389 g/mol. The van der Waals surface area contributed by atoms with E-state index < -0.39 is 9.84 Å². The van der Waals surface area contributed by atoms with Crippen molar-refractivity contribution < 1.29 is 17.6 Å². The van der Waals surface area contributed by atoms with Crippen molar-refractivity contribution in [3.63, 3.8) is 0 Å². The first-order valence-corrected chi connectivity index (χ1v) is 11.2. The van der Waals surface area contributed by atoms with Crippen LogP contribution >= 0.6 is 0 Å². The largest absolute Gasteiger partial charge is 0.467 e. The fourth-order valence-corrected chi connectivity index (χ4v) is 5.06. The fourth-order valence-electron chi connectivity index (χ4n) is 3.63. The minimum absolute atomic E-state index is 0.0184. The van der Waals surface area contributed by atoms with Gasteiger partial charge in [0.15, 0.2) is 9.84 Å². The Morgan fingerprint density at radius 1 is 1.11 bits per heavy atom. The zero-order chi connectivity index (χ0) is 19.3. The van der Waals surface area contributed by atoms with Gasteiger partial charge in [-0.1, -0.05) is 17.7 Å². The molecule has 0 aliphatic heterocycles. The quantitative estimate of drug-likeness (QED) is 0.780. The number of hydrogen-bond acceptors (Lipinski definition) is 4. The topological polar surface area (TPSA) is 76.4 Å². The first-order chi connectivity index (χ1) is 12.9. The minimum atomic E-state index is -3.23. The molecule has 146 valence electrons. The Kier molecular flexibility index (Phi) is 6.37. The van der Waals surface area contributed by atoms with Gasteiger partial charge in [-0.25, -0.2) is 8.42 Å². The molecule has 5 nitrogen and oxygen atoms in total. The van der Waals surface area contributed by atoms with Crippen molar-refractivity contribution >= 4 is 15.7 Å². The summed E-state index contributed by atoms with van der Waals surface area (Å²) in [4.78, 5) is 12.7. The van der Waals surface area contributed by atoms with Gasteiger partial charge in [-0.2, -0.15) is 0 Å². The van der Waals surface area contributed by atoms with Crippen LogP contribution in [0.25, 0.3) is 0 Å². The molecule has 2 aromatic rings. The summed E-state index contributed by atoms with van der Waals surface area (Å²) in [5, 5.41) is 2.92. The Bertz CT molecular complexity index is 833. The van der Waals surface area contributed by atoms with Gasteiger partial charge in [0.2, 0.25) is 5.91 Å². The van der Waals surface area contributed by atoms with Gasteiger partial charge in [0.25, 0.3) is 0 Å². The van der Waals surface area contributed by atoms with Gasteiger partial charge in [0.1, 0.15) is 5.76 Å². The van der Waals surface area contributed by atoms with E-state index in [2.05, 4.69) is 5.32 Å². The molecule has 6 heteroatoms. The summed E-state index contributed by atoms with van der Waals surface area (Å²) in [5.74, 6) is 1.38. The number of nitrogens with one attached hydrogen (secondary N) is 1. The number of furan rings is 1. The normalized spacial score (nSPS) is 20.3. The molecule has 0 unspecified atom stereocenters. The number of aryl methyl sites for hydroxylation is 1. The van der Waals surface area contributed by atoms with E-state index in [-0.39, 0.29) is 17.6 Å². The molecule has 1 aliphatic rings. The van der Waals surface area contributed by atoms with Crippen molar-refractivity contribution in [3.8, 4) is 0 Å². The highest BCUT2D eigenvalue weighted by Crippen LogP contribution is 2.31. The first kappa shape index (κ1) is 19.7. The van der Waals surface area contributed by atoms with Crippen molar-refractivity contribution in [1.29, 1.82) is 0 Å². The number of hydrogen-bond donors (Lipinski definition) is 1. The van der Waals surface area contributed by atoms with E-state index in [9.17, 15) is 13.2 Å². The Morgan fingerprint density at radius 3 is 2.44 bits per heavy atom. The van der Waals surface area contributed by atoms with Crippen molar-refractivity contribution in [2.24, 2.45) is 11.8 Å². The van der Waals surface area contributed by atoms with Crippen LogP contribution in [0.5, 0.6) is 0 Å². The summed E-state index contributed by atoms with van der Waals surface area (Å²) in [6.45, 7) is 2.36. The summed E-state index contributed by atoms with van der Waals surface area (Å²) in [6, 6.07) is 10.7. The Balaban J connectivity index is 1.42. The highest BCUT2D eigenvalue weighted by atomic mass is 32.2. The molecular weight excluding hydrogens is 362 g/mol. The van der Waals surface area contributed by atoms with E-state index in [0.717, 1.165) is 37.0 Å².